The van der Waals surface area contributed by atoms with E-state index in [0.717, 1.165) is 0 Å². The maximum absolute atomic E-state index is 14.1. The van der Waals surface area contributed by atoms with Crippen molar-refractivity contribution in [3.05, 3.63) is 23.5 Å². The molecule has 5 nitrogen and oxygen atoms in total. The van der Waals surface area contributed by atoms with Crippen LogP contribution in [0.4, 0.5) is 10.1 Å². The Balaban J connectivity index is 2.40. The fourth-order valence-electron chi connectivity index (χ4n) is 2.25. The molecule has 1 aromatic rings. The largest absolute Gasteiger partial charge is 0.399 e. The summed E-state index contributed by atoms with van der Waals surface area (Å²) < 4.78 is 45.9. The molecule has 2 rings (SSSR count). The number of aryl methyl sites for hydroxylation is 1. The van der Waals surface area contributed by atoms with E-state index in [2.05, 4.69) is 0 Å². The second kappa shape index (κ2) is 5.67. The third-order valence-electron chi connectivity index (χ3n) is 3.42. The van der Waals surface area contributed by atoms with Crippen molar-refractivity contribution in [2.24, 2.45) is 0 Å². The molecule has 1 saturated heterocycles. The number of sulfonamides is 1. The van der Waals surface area contributed by atoms with Gasteiger partial charge in [0.2, 0.25) is 10.0 Å². The van der Waals surface area contributed by atoms with Crippen molar-refractivity contribution in [1.29, 1.82) is 0 Å². The van der Waals surface area contributed by atoms with E-state index in [9.17, 15) is 12.8 Å². The van der Waals surface area contributed by atoms with Gasteiger partial charge in [0.05, 0.1) is 12.7 Å². The van der Waals surface area contributed by atoms with Crippen LogP contribution < -0.4 is 5.73 Å². The first-order chi connectivity index (χ1) is 9.36. The molecule has 1 heterocycles. The van der Waals surface area contributed by atoms with Gasteiger partial charge in [-0.2, -0.15) is 4.31 Å². The summed E-state index contributed by atoms with van der Waals surface area (Å²) in [6.07, 6.45) is 0.563. The molecule has 0 amide bonds. The van der Waals surface area contributed by atoms with Crippen molar-refractivity contribution >= 4 is 15.7 Å². The predicted molar refractivity (Wildman–Crippen MR) is 74.3 cm³/mol. The molecule has 0 saturated carbocycles. The zero-order chi connectivity index (χ0) is 14.9. The maximum atomic E-state index is 14.1. The van der Waals surface area contributed by atoms with E-state index in [1.165, 1.54) is 23.4 Å². The standard InChI is InChI=1S/C13H19FN2O3S/c1-3-11-8-16(4-5-19-11)20(17,18)12-7-10(15)6-9(2)13(12)14/h6-7,11H,3-5,8,15H2,1-2H3. The van der Waals surface area contributed by atoms with Crippen LogP contribution in [-0.2, 0) is 14.8 Å². The topological polar surface area (TPSA) is 72.6 Å². The molecule has 1 atom stereocenters. The molecular formula is C13H19FN2O3S. The number of hydrogen-bond donors (Lipinski definition) is 1. The van der Waals surface area contributed by atoms with Crippen LogP contribution in [0.1, 0.15) is 18.9 Å². The van der Waals surface area contributed by atoms with Gasteiger partial charge in [0.1, 0.15) is 10.7 Å². The average Bonchev–Trinajstić information content (AvgIpc) is 2.42. The molecule has 2 N–H and O–H groups in total. The summed E-state index contributed by atoms with van der Waals surface area (Å²) in [5.41, 5.74) is 6.10. The number of nitrogen functional groups attached to an aromatic ring is 1. The minimum atomic E-state index is -3.88. The Morgan fingerprint density at radius 1 is 1.50 bits per heavy atom. The van der Waals surface area contributed by atoms with Crippen molar-refractivity contribution in [2.75, 3.05) is 25.4 Å². The number of hydrogen-bond acceptors (Lipinski definition) is 4. The Morgan fingerprint density at radius 3 is 2.85 bits per heavy atom. The number of nitrogens with two attached hydrogens (primary N) is 1. The summed E-state index contributed by atoms with van der Waals surface area (Å²) in [7, 11) is -3.88. The fraction of sp³-hybridized carbons (Fsp3) is 0.538. The van der Waals surface area contributed by atoms with Gasteiger partial charge >= 0.3 is 0 Å². The van der Waals surface area contributed by atoms with Gasteiger partial charge in [0.25, 0.3) is 0 Å². The molecule has 112 valence electrons. The summed E-state index contributed by atoms with van der Waals surface area (Å²) in [5.74, 6) is -0.737. The number of halogens is 1. The van der Waals surface area contributed by atoms with Gasteiger partial charge in [-0.15, -0.1) is 0 Å². The van der Waals surface area contributed by atoms with Crippen LogP contribution >= 0.6 is 0 Å². The number of morpholine rings is 1. The zero-order valence-electron chi connectivity index (χ0n) is 11.6. The number of anilines is 1. The van der Waals surface area contributed by atoms with E-state index >= 15 is 0 Å². The maximum Gasteiger partial charge on any atom is 0.246 e. The summed E-state index contributed by atoms with van der Waals surface area (Å²) >= 11 is 0. The van der Waals surface area contributed by atoms with Crippen molar-refractivity contribution in [3.63, 3.8) is 0 Å². The molecule has 20 heavy (non-hydrogen) atoms. The molecule has 1 aromatic carbocycles. The minimum absolute atomic E-state index is 0.149. The summed E-state index contributed by atoms with van der Waals surface area (Å²) in [4.78, 5) is -0.355. The molecule has 1 fully saturated rings. The second-order valence-electron chi connectivity index (χ2n) is 4.91. The Bertz CT molecular complexity index is 604. The van der Waals surface area contributed by atoms with Gasteiger partial charge in [-0.25, -0.2) is 12.8 Å². The highest BCUT2D eigenvalue weighted by Gasteiger charge is 2.32. The third kappa shape index (κ3) is 2.79. The van der Waals surface area contributed by atoms with Crippen LogP contribution in [0, 0.1) is 12.7 Å². The second-order valence-corrected chi connectivity index (χ2v) is 6.82. The lowest BCUT2D eigenvalue weighted by Crippen LogP contribution is -2.45. The average molecular weight is 302 g/mol. The van der Waals surface area contributed by atoms with Gasteiger partial charge in [0.15, 0.2) is 0 Å². The quantitative estimate of drug-likeness (QED) is 0.859. The summed E-state index contributed by atoms with van der Waals surface area (Å²) in [5, 5.41) is 0. The SMILES string of the molecule is CCC1CN(S(=O)(=O)c2cc(N)cc(C)c2F)CCO1. The molecule has 0 radical (unpaired) electrons. The Kier molecular flexibility index (Phi) is 4.31. The Labute approximate surface area is 118 Å². The van der Waals surface area contributed by atoms with Gasteiger partial charge in [-0.1, -0.05) is 6.92 Å². The van der Waals surface area contributed by atoms with Crippen molar-refractivity contribution in [3.8, 4) is 0 Å². The monoisotopic (exact) mass is 302 g/mol. The van der Waals surface area contributed by atoms with Crippen molar-refractivity contribution < 1.29 is 17.5 Å². The predicted octanol–water partition coefficient (Wildman–Crippen LogP) is 1.52. The molecule has 0 spiro atoms. The molecule has 7 heteroatoms. The lowest BCUT2D eigenvalue weighted by Gasteiger charge is -2.31. The van der Waals surface area contributed by atoms with E-state index < -0.39 is 15.8 Å². The highest BCUT2D eigenvalue weighted by molar-refractivity contribution is 7.89. The number of nitrogens with zero attached hydrogens (tertiary/aromatic N) is 1. The smallest absolute Gasteiger partial charge is 0.246 e. The first-order valence-corrected chi connectivity index (χ1v) is 7.97. The number of ether oxygens (including phenoxy) is 1. The van der Waals surface area contributed by atoms with Crippen LogP contribution in [0.2, 0.25) is 0 Å². The van der Waals surface area contributed by atoms with E-state index in [1.807, 2.05) is 6.92 Å². The molecule has 0 aliphatic carbocycles. The summed E-state index contributed by atoms with van der Waals surface area (Å²) in [6.45, 7) is 4.21. The third-order valence-corrected chi connectivity index (χ3v) is 5.28. The van der Waals surface area contributed by atoms with Crippen LogP contribution in [0.3, 0.4) is 0 Å². The first kappa shape index (κ1) is 15.2. The number of rotatable bonds is 3. The van der Waals surface area contributed by atoms with E-state index in [-0.39, 0.29) is 35.3 Å². The van der Waals surface area contributed by atoms with Crippen molar-refractivity contribution in [1.82, 2.24) is 4.31 Å². The normalized spacial score (nSPS) is 21.1. The van der Waals surface area contributed by atoms with Gasteiger partial charge in [-0.05, 0) is 31.0 Å². The molecular weight excluding hydrogens is 283 g/mol. The molecule has 0 aromatic heterocycles. The van der Waals surface area contributed by atoms with E-state index in [4.69, 9.17) is 10.5 Å². The number of benzene rings is 1. The molecule has 1 aliphatic heterocycles. The highest BCUT2D eigenvalue weighted by atomic mass is 32.2. The van der Waals surface area contributed by atoms with Crippen LogP contribution in [0.5, 0.6) is 0 Å². The van der Waals surface area contributed by atoms with E-state index in [0.29, 0.717) is 13.0 Å². The Hall–Kier alpha value is -1.18. The van der Waals surface area contributed by atoms with Gasteiger partial charge in [0, 0.05) is 18.8 Å². The van der Waals surface area contributed by atoms with Crippen LogP contribution in [0.15, 0.2) is 17.0 Å². The fourth-order valence-corrected chi connectivity index (χ4v) is 3.88. The molecule has 0 bridgehead atoms. The zero-order valence-corrected chi connectivity index (χ0v) is 12.4. The van der Waals surface area contributed by atoms with E-state index in [1.54, 1.807) is 0 Å². The lowest BCUT2D eigenvalue weighted by molar-refractivity contribution is -0.00283. The Morgan fingerprint density at radius 2 is 2.20 bits per heavy atom. The van der Waals surface area contributed by atoms with Crippen LogP contribution in [-0.4, -0.2) is 38.5 Å². The van der Waals surface area contributed by atoms with Crippen LogP contribution in [0.25, 0.3) is 0 Å². The first-order valence-electron chi connectivity index (χ1n) is 6.53. The lowest BCUT2D eigenvalue weighted by atomic mass is 10.2. The molecule has 1 unspecified atom stereocenters. The molecule has 1 aliphatic rings. The van der Waals surface area contributed by atoms with Gasteiger partial charge < -0.3 is 10.5 Å². The van der Waals surface area contributed by atoms with Gasteiger partial charge in [-0.3, -0.25) is 0 Å². The van der Waals surface area contributed by atoms with Crippen molar-refractivity contribution in [2.45, 2.75) is 31.3 Å². The summed E-state index contributed by atoms with van der Waals surface area (Å²) in [6, 6.07) is 2.59. The highest BCUT2D eigenvalue weighted by Crippen LogP contribution is 2.26. The minimum Gasteiger partial charge on any atom is -0.399 e.